The highest BCUT2D eigenvalue weighted by atomic mass is 35.5. The maximum absolute atomic E-state index is 14.2. The first-order chi connectivity index (χ1) is 24.0. The van der Waals surface area contributed by atoms with Crippen LogP contribution in [0, 0.1) is 5.92 Å². The zero-order valence-electron chi connectivity index (χ0n) is 28.2. The number of likely N-dealkylation sites (tertiary alicyclic amines) is 1. The number of ether oxygens (including phenoxy) is 1. The Kier molecular flexibility index (Phi) is 11.4. The second-order valence-corrected chi connectivity index (χ2v) is 14.3. The average molecular weight is 719 g/mol. The number of anilines is 2. The van der Waals surface area contributed by atoms with Crippen molar-refractivity contribution in [3.8, 4) is 0 Å². The monoisotopic (exact) mass is 718 g/mol. The van der Waals surface area contributed by atoms with Crippen LogP contribution in [0.3, 0.4) is 0 Å². The molecule has 4 aliphatic rings. The smallest absolute Gasteiger partial charge is 0.397 e. The van der Waals surface area contributed by atoms with Gasteiger partial charge in [-0.05, 0) is 74.3 Å². The van der Waals surface area contributed by atoms with Crippen LogP contribution in [0.25, 0.3) is 0 Å². The van der Waals surface area contributed by atoms with Crippen LogP contribution in [0.1, 0.15) is 55.2 Å². The van der Waals surface area contributed by atoms with Crippen LogP contribution in [0.5, 0.6) is 0 Å². The highest BCUT2D eigenvalue weighted by Gasteiger charge is 2.37. The third kappa shape index (κ3) is 8.48. The van der Waals surface area contributed by atoms with E-state index in [1.807, 2.05) is 29.2 Å². The number of fused-ring (bicyclic) bond motifs is 1. The van der Waals surface area contributed by atoms with Crippen molar-refractivity contribution in [2.45, 2.75) is 69.6 Å². The third-order valence-corrected chi connectivity index (χ3v) is 11.0. The number of carbonyl (C=O) groups is 3. The molecule has 10 nitrogen and oxygen atoms in total. The van der Waals surface area contributed by atoms with Crippen LogP contribution in [0.2, 0.25) is 5.02 Å². The van der Waals surface area contributed by atoms with E-state index in [9.17, 15) is 27.6 Å². The number of amides is 4. The Morgan fingerprint density at radius 3 is 2.42 bits per heavy atom. The van der Waals surface area contributed by atoms with Crippen molar-refractivity contribution < 1.29 is 32.3 Å². The number of nitrogens with one attached hydrogen (secondary N) is 1. The van der Waals surface area contributed by atoms with E-state index in [0.29, 0.717) is 58.2 Å². The standard InChI is InChI=1S/C36H46ClF3N6O4/c37-30-22-24(21-29(33(30)41)36(38,39)40)20-26(34(48)45-12-3-11-43(16-17-45)27-9-18-50-19-10-27)23-32(47)44-13-7-28(8-14-44)46-15-6-25-4-1-2-5-31(25)42-35(46)49/h1-2,4-5,21-22,26-28H,3,6-20,23,41H2,(H,42,49)/t26-/m0/s1. The van der Waals surface area contributed by atoms with Gasteiger partial charge in [-0.2, -0.15) is 13.2 Å². The number of carbonyl (C=O) groups excluding carboxylic acids is 3. The first-order valence-corrected chi connectivity index (χ1v) is 18.0. The molecule has 0 unspecified atom stereocenters. The summed E-state index contributed by atoms with van der Waals surface area (Å²) in [4.78, 5) is 48.9. The molecule has 6 rings (SSSR count). The van der Waals surface area contributed by atoms with Gasteiger partial charge < -0.3 is 30.5 Å². The summed E-state index contributed by atoms with van der Waals surface area (Å²) < 4.78 is 47.1. The van der Waals surface area contributed by atoms with Gasteiger partial charge in [0.2, 0.25) is 11.8 Å². The van der Waals surface area contributed by atoms with E-state index in [4.69, 9.17) is 22.1 Å². The van der Waals surface area contributed by atoms with Gasteiger partial charge in [0.15, 0.2) is 0 Å². The minimum Gasteiger partial charge on any atom is -0.397 e. The normalized spacial score (nSPS) is 20.9. The lowest BCUT2D eigenvalue weighted by Crippen LogP contribution is -2.50. The molecule has 3 fully saturated rings. The molecular weight excluding hydrogens is 673 g/mol. The zero-order chi connectivity index (χ0) is 35.4. The number of nitrogen functional groups attached to an aromatic ring is 1. The van der Waals surface area contributed by atoms with Crippen molar-refractivity contribution in [1.82, 2.24) is 19.6 Å². The molecule has 272 valence electrons. The number of benzene rings is 2. The van der Waals surface area contributed by atoms with Crippen molar-refractivity contribution in [1.29, 1.82) is 0 Å². The summed E-state index contributed by atoms with van der Waals surface area (Å²) in [5, 5.41) is 2.77. The topological polar surface area (TPSA) is 111 Å². The number of rotatable bonds is 7. The fourth-order valence-electron chi connectivity index (χ4n) is 7.89. The van der Waals surface area contributed by atoms with E-state index >= 15 is 0 Å². The molecule has 1 atom stereocenters. The highest BCUT2D eigenvalue weighted by Crippen LogP contribution is 2.38. The van der Waals surface area contributed by atoms with E-state index in [0.717, 1.165) is 62.8 Å². The number of nitrogens with two attached hydrogens (primary N) is 1. The molecule has 2 aromatic carbocycles. The zero-order valence-corrected chi connectivity index (χ0v) is 29.0. The van der Waals surface area contributed by atoms with Gasteiger partial charge in [-0.1, -0.05) is 29.8 Å². The fourth-order valence-corrected chi connectivity index (χ4v) is 8.14. The summed E-state index contributed by atoms with van der Waals surface area (Å²) in [5.74, 6) is -1.36. The largest absolute Gasteiger partial charge is 0.418 e. The summed E-state index contributed by atoms with van der Waals surface area (Å²) in [6.45, 7) is 5.35. The minimum atomic E-state index is -4.73. The molecule has 0 bridgehead atoms. The molecule has 0 saturated carbocycles. The minimum absolute atomic E-state index is 0.0423. The van der Waals surface area contributed by atoms with Crippen molar-refractivity contribution >= 4 is 40.8 Å². The van der Waals surface area contributed by atoms with Gasteiger partial charge in [0, 0.05) is 83.2 Å². The second kappa shape index (κ2) is 15.8. The molecule has 50 heavy (non-hydrogen) atoms. The highest BCUT2D eigenvalue weighted by molar-refractivity contribution is 6.33. The van der Waals surface area contributed by atoms with Gasteiger partial charge in [0.25, 0.3) is 0 Å². The molecule has 0 aromatic heterocycles. The van der Waals surface area contributed by atoms with Crippen LogP contribution in [-0.2, 0) is 33.3 Å². The first-order valence-electron chi connectivity index (χ1n) is 17.7. The maximum Gasteiger partial charge on any atom is 0.418 e. The first kappa shape index (κ1) is 36.2. The summed E-state index contributed by atoms with van der Waals surface area (Å²) in [6, 6.07) is 10.3. The Bertz CT molecular complexity index is 1550. The lowest BCUT2D eigenvalue weighted by Gasteiger charge is -2.38. The number of alkyl halides is 3. The second-order valence-electron chi connectivity index (χ2n) is 13.8. The van der Waals surface area contributed by atoms with Crippen molar-refractivity contribution in [2.24, 2.45) is 5.92 Å². The number of hydrogen-bond donors (Lipinski definition) is 2. The third-order valence-electron chi connectivity index (χ3n) is 10.7. The molecule has 14 heteroatoms. The number of nitrogens with zero attached hydrogens (tertiary/aromatic N) is 4. The average Bonchev–Trinajstić information content (AvgIpc) is 3.45. The number of urea groups is 1. The Hall–Kier alpha value is -3.55. The lowest BCUT2D eigenvalue weighted by atomic mass is 9.92. The summed E-state index contributed by atoms with van der Waals surface area (Å²) >= 11 is 6.16. The number of halogens is 4. The van der Waals surface area contributed by atoms with Crippen LogP contribution in [-0.4, -0.2) is 109 Å². The van der Waals surface area contributed by atoms with Crippen LogP contribution >= 0.6 is 11.6 Å². The SMILES string of the molecule is Nc1c(Cl)cc(C[C@@H](CC(=O)N2CCC(N3CCc4ccccc4NC3=O)CC2)C(=O)N2CCCN(C3CCOCC3)CC2)cc1C(F)(F)F. The molecule has 2 aromatic rings. The van der Waals surface area contributed by atoms with Crippen molar-refractivity contribution in [2.75, 3.05) is 70.1 Å². The molecule has 0 radical (unpaired) electrons. The molecular formula is C36H46ClF3N6O4. The van der Waals surface area contributed by atoms with Crippen molar-refractivity contribution in [3.05, 3.63) is 58.1 Å². The molecule has 4 amide bonds. The van der Waals surface area contributed by atoms with E-state index in [2.05, 4.69) is 10.2 Å². The van der Waals surface area contributed by atoms with E-state index in [1.54, 1.807) is 9.80 Å². The van der Waals surface area contributed by atoms with Gasteiger partial charge >= 0.3 is 12.2 Å². The number of piperidine rings is 1. The van der Waals surface area contributed by atoms with Crippen LogP contribution in [0.4, 0.5) is 29.3 Å². The Balaban J connectivity index is 1.14. The van der Waals surface area contributed by atoms with E-state index in [-0.39, 0.29) is 47.3 Å². The van der Waals surface area contributed by atoms with E-state index < -0.39 is 23.3 Å². The van der Waals surface area contributed by atoms with Gasteiger partial charge in [-0.3, -0.25) is 14.5 Å². The molecule has 0 aliphatic carbocycles. The van der Waals surface area contributed by atoms with Gasteiger partial charge in [-0.15, -0.1) is 0 Å². The Morgan fingerprint density at radius 1 is 0.940 bits per heavy atom. The molecule has 4 heterocycles. The number of hydrogen-bond acceptors (Lipinski definition) is 6. The fraction of sp³-hybridized carbons (Fsp3) is 0.583. The van der Waals surface area contributed by atoms with E-state index in [1.165, 1.54) is 6.07 Å². The van der Waals surface area contributed by atoms with Gasteiger partial charge in [0.05, 0.1) is 22.2 Å². The molecule has 3 N–H and O–H groups in total. The Morgan fingerprint density at radius 2 is 1.68 bits per heavy atom. The van der Waals surface area contributed by atoms with Gasteiger partial charge in [0.1, 0.15) is 0 Å². The molecule has 0 spiro atoms. The summed E-state index contributed by atoms with van der Waals surface area (Å²) in [6.07, 6.45) is -0.408. The van der Waals surface area contributed by atoms with Gasteiger partial charge in [-0.25, -0.2) is 4.79 Å². The quantitative estimate of drug-likeness (QED) is 0.377. The molecule has 4 aliphatic heterocycles. The maximum atomic E-state index is 14.2. The number of para-hydroxylation sites is 1. The van der Waals surface area contributed by atoms with Crippen LogP contribution in [0.15, 0.2) is 36.4 Å². The van der Waals surface area contributed by atoms with Crippen molar-refractivity contribution in [3.63, 3.8) is 0 Å². The lowest BCUT2D eigenvalue weighted by molar-refractivity contribution is -0.142. The predicted molar refractivity (Wildman–Crippen MR) is 185 cm³/mol. The molecule has 3 saturated heterocycles. The predicted octanol–water partition coefficient (Wildman–Crippen LogP) is 5.28. The summed E-state index contributed by atoms with van der Waals surface area (Å²) in [5.41, 5.74) is 6.17. The summed E-state index contributed by atoms with van der Waals surface area (Å²) in [7, 11) is 0. The van der Waals surface area contributed by atoms with Crippen LogP contribution < -0.4 is 11.1 Å². The Labute approximate surface area is 296 Å².